The van der Waals surface area contributed by atoms with E-state index in [2.05, 4.69) is 31.9 Å². The Morgan fingerprint density at radius 1 is 0.650 bits per heavy atom. The number of rotatable bonds is 16. The summed E-state index contributed by atoms with van der Waals surface area (Å²) in [6.07, 6.45) is -1.58. The molecule has 0 aliphatic carbocycles. The van der Waals surface area contributed by atoms with Crippen LogP contribution in [0.2, 0.25) is 0 Å². The van der Waals surface area contributed by atoms with Gasteiger partial charge in [-0.1, -0.05) is 0 Å². The first-order valence-corrected chi connectivity index (χ1v) is 12.4. The standard InChI is InChI=1S/C23H40N8O9/c1-9(8-32)26-19(36)11(3)29-23(40)17(14(6)33)31-21(38)13(5)28-22(39)15(7-16(25)34)30-20(37)12(4)27-18(35)10(2)24/h8-15,17,33H,7,24H2,1-6H3,(H2,25,34)(H,26,36)(H,27,35)(H,28,39)(H,29,40)(H,30,37)(H,31,38)/t9-,10-,11-,12-,13-,14+,15-,17-/m0/s1. The van der Waals surface area contributed by atoms with Gasteiger partial charge in [-0.15, -0.1) is 0 Å². The van der Waals surface area contributed by atoms with Gasteiger partial charge in [-0.2, -0.15) is 0 Å². The van der Waals surface area contributed by atoms with Crippen LogP contribution in [0.3, 0.4) is 0 Å². The minimum atomic E-state index is -1.54. The Balaban J connectivity index is 5.34. The van der Waals surface area contributed by atoms with Crippen LogP contribution in [0.1, 0.15) is 48.0 Å². The third-order valence-electron chi connectivity index (χ3n) is 5.34. The molecule has 0 bridgehead atoms. The molecule has 0 saturated heterocycles. The number of amides is 7. The number of carbonyl (C=O) groups is 8. The maximum Gasteiger partial charge on any atom is 0.245 e. The lowest BCUT2D eigenvalue weighted by molar-refractivity contribution is -0.136. The Hall–Kier alpha value is -4.12. The second-order valence-corrected chi connectivity index (χ2v) is 9.37. The molecule has 7 amide bonds. The van der Waals surface area contributed by atoms with E-state index in [-0.39, 0.29) is 0 Å². The topological polar surface area (TPSA) is 281 Å². The van der Waals surface area contributed by atoms with E-state index in [1.54, 1.807) is 0 Å². The highest BCUT2D eigenvalue weighted by molar-refractivity contribution is 5.97. The van der Waals surface area contributed by atoms with Gasteiger partial charge in [0.25, 0.3) is 0 Å². The number of nitrogens with two attached hydrogens (primary N) is 2. The van der Waals surface area contributed by atoms with E-state index in [4.69, 9.17) is 11.5 Å². The molecule has 8 atom stereocenters. The Morgan fingerprint density at radius 3 is 1.50 bits per heavy atom. The number of hydrogen-bond donors (Lipinski definition) is 9. The average molecular weight is 573 g/mol. The lowest BCUT2D eigenvalue weighted by atomic mass is 10.1. The SMILES string of the molecule is C[C@H](N)C(=O)N[C@@H](C)C(=O)N[C@@H](CC(N)=O)C(=O)N[C@@H](C)C(=O)N[C@H](C(=O)N[C@@H](C)C(=O)N[C@@H](C)C=O)[C@@H](C)O. The van der Waals surface area contributed by atoms with Crippen LogP contribution in [0.15, 0.2) is 0 Å². The van der Waals surface area contributed by atoms with Crippen LogP contribution in [0.4, 0.5) is 0 Å². The molecule has 0 saturated carbocycles. The first-order valence-electron chi connectivity index (χ1n) is 12.4. The fraction of sp³-hybridized carbons (Fsp3) is 0.652. The molecule has 0 heterocycles. The first-order chi connectivity index (χ1) is 18.4. The number of carbonyl (C=O) groups excluding carboxylic acids is 8. The second-order valence-electron chi connectivity index (χ2n) is 9.37. The van der Waals surface area contributed by atoms with Crippen LogP contribution in [-0.2, 0) is 38.4 Å². The van der Waals surface area contributed by atoms with E-state index in [9.17, 15) is 43.5 Å². The zero-order chi connectivity index (χ0) is 31.3. The third-order valence-corrected chi connectivity index (χ3v) is 5.34. The molecular formula is C23H40N8O9. The van der Waals surface area contributed by atoms with Crippen LogP contribution < -0.4 is 43.4 Å². The molecule has 0 aromatic heterocycles. The van der Waals surface area contributed by atoms with E-state index >= 15 is 0 Å². The fourth-order valence-electron chi connectivity index (χ4n) is 2.93. The van der Waals surface area contributed by atoms with Crippen molar-refractivity contribution in [3.63, 3.8) is 0 Å². The molecule has 0 fully saturated rings. The molecule has 0 aliphatic heterocycles. The molecule has 0 unspecified atom stereocenters. The van der Waals surface area contributed by atoms with E-state index < -0.39 is 96.2 Å². The summed E-state index contributed by atoms with van der Waals surface area (Å²) in [5.41, 5.74) is 10.6. The van der Waals surface area contributed by atoms with Gasteiger partial charge in [-0.3, -0.25) is 33.6 Å². The zero-order valence-corrected chi connectivity index (χ0v) is 23.3. The average Bonchev–Trinajstić information content (AvgIpc) is 2.85. The summed E-state index contributed by atoms with van der Waals surface area (Å²) < 4.78 is 0. The minimum Gasteiger partial charge on any atom is -0.391 e. The Kier molecular flexibility index (Phi) is 15.0. The van der Waals surface area contributed by atoms with Gasteiger partial charge < -0.3 is 53.3 Å². The van der Waals surface area contributed by atoms with Crippen LogP contribution in [0, 0.1) is 0 Å². The summed E-state index contributed by atoms with van der Waals surface area (Å²) in [6.45, 7) is 7.90. The molecule has 226 valence electrons. The Labute approximate surface area is 231 Å². The predicted octanol–water partition coefficient (Wildman–Crippen LogP) is -5.22. The lowest BCUT2D eigenvalue weighted by Gasteiger charge is -2.26. The fourth-order valence-corrected chi connectivity index (χ4v) is 2.93. The van der Waals surface area contributed by atoms with Gasteiger partial charge >= 0.3 is 0 Å². The Bertz CT molecular complexity index is 972. The summed E-state index contributed by atoms with van der Waals surface area (Å²) in [5.74, 6) is -5.93. The van der Waals surface area contributed by atoms with Gasteiger partial charge in [0.05, 0.1) is 24.6 Å². The number of nitrogens with one attached hydrogen (secondary N) is 6. The summed E-state index contributed by atoms with van der Waals surface area (Å²) in [5, 5.41) is 23.8. The van der Waals surface area contributed by atoms with Gasteiger partial charge in [0, 0.05) is 0 Å². The van der Waals surface area contributed by atoms with Crippen molar-refractivity contribution in [2.24, 2.45) is 11.5 Å². The van der Waals surface area contributed by atoms with Crippen molar-refractivity contribution in [1.29, 1.82) is 0 Å². The second kappa shape index (κ2) is 16.8. The summed E-state index contributed by atoms with van der Waals surface area (Å²) in [6, 6.07) is -8.35. The van der Waals surface area contributed by atoms with E-state index in [0.29, 0.717) is 6.29 Å². The van der Waals surface area contributed by atoms with Gasteiger partial charge in [-0.25, -0.2) is 0 Å². The molecule has 0 radical (unpaired) electrons. The predicted molar refractivity (Wildman–Crippen MR) is 139 cm³/mol. The van der Waals surface area contributed by atoms with Gasteiger partial charge in [0.2, 0.25) is 41.4 Å². The number of primary amides is 1. The summed E-state index contributed by atoms with van der Waals surface area (Å²) in [7, 11) is 0. The minimum absolute atomic E-state index is 0.487. The molecule has 0 aromatic carbocycles. The number of aliphatic hydroxyl groups excluding tert-OH is 1. The maximum atomic E-state index is 12.8. The number of aldehydes is 1. The van der Waals surface area contributed by atoms with Crippen molar-refractivity contribution >= 4 is 47.6 Å². The summed E-state index contributed by atoms with van der Waals surface area (Å²) >= 11 is 0. The Morgan fingerprint density at radius 2 is 1.07 bits per heavy atom. The van der Waals surface area contributed by atoms with E-state index in [1.165, 1.54) is 41.5 Å². The van der Waals surface area contributed by atoms with Gasteiger partial charge in [0.15, 0.2) is 0 Å². The van der Waals surface area contributed by atoms with Crippen LogP contribution in [0.5, 0.6) is 0 Å². The summed E-state index contributed by atoms with van der Waals surface area (Å²) in [4.78, 5) is 96.4. The number of hydrogen-bond acceptors (Lipinski definition) is 10. The molecule has 17 nitrogen and oxygen atoms in total. The van der Waals surface area contributed by atoms with E-state index in [0.717, 1.165) is 0 Å². The van der Waals surface area contributed by atoms with Crippen molar-refractivity contribution in [2.45, 2.75) is 96.4 Å². The number of aliphatic hydroxyl groups is 1. The van der Waals surface area contributed by atoms with Gasteiger partial charge in [-0.05, 0) is 41.5 Å². The highest BCUT2D eigenvalue weighted by atomic mass is 16.3. The van der Waals surface area contributed by atoms with Crippen molar-refractivity contribution < 1.29 is 43.5 Å². The molecule has 0 rings (SSSR count). The monoisotopic (exact) mass is 572 g/mol. The molecule has 11 N–H and O–H groups in total. The molecule has 17 heteroatoms. The smallest absolute Gasteiger partial charge is 0.245 e. The van der Waals surface area contributed by atoms with Crippen molar-refractivity contribution in [1.82, 2.24) is 31.9 Å². The normalized spacial score (nSPS) is 16.7. The van der Waals surface area contributed by atoms with Crippen LogP contribution in [-0.4, -0.2) is 101 Å². The molecular weight excluding hydrogens is 532 g/mol. The lowest BCUT2D eigenvalue weighted by Crippen LogP contribution is -2.60. The van der Waals surface area contributed by atoms with Crippen molar-refractivity contribution in [3.05, 3.63) is 0 Å². The van der Waals surface area contributed by atoms with Crippen LogP contribution in [0.25, 0.3) is 0 Å². The highest BCUT2D eigenvalue weighted by Gasteiger charge is 2.32. The largest absolute Gasteiger partial charge is 0.391 e. The van der Waals surface area contributed by atoms with E-state index in [1.807, 2.05) is 0 Å². The molecule has 0 spiro atoms. The highest BCUT2D eigenvalue weighted by Crippen LogP contribution is 2.00. The third kappa shape index (κ3) is 12.6. The van der Waals surface area contributed by atoms with Crippen molar-refractivity contribution in [3.8, 4) is 0 Å². The maximum absolute atomic E-state index is 12.8. The van der Waals surface area contributed by atoms with Crippen molar-refractivity contribution in [2.75, 3.05) is 0 Å². The first kappa shape index (κ1) is 35.9. The quantitative estimate of drug-likeness (QED) is 0.0792. The van der Waals surface area contributed by atoms with Crippen LogP contribution >= 0.6 is 0 Å². The molecule has 40 heavy (non-hydrogen) atoms. The zero-order valence-electron chi connectivity index (χ0n) is 23.3. The molecule has 0 aliphatic rings. The van der Waals surface area contributed by atoms with Gasteiger partial charge in [0.1, 0.15) is 36.5 Å². The molecule has 0 aromatic rings.